The standard InChI is InChI=1S/C10H12N4OS/c1-14-8(10(11)15)5-9(13-14)12-6-7-3-2-4-16-7/h2-5H,6H2,1H3,(H2,11,15)(H,12,13). The zero-order valence-electron chi connectivity index (χ0n) is 8.80. The van der Waals surface area contributed by atoms with Gasteiger partial charge in [-0.15, -0.1) is 11.3 Å². The molecule has 0 aliphatic rings. The smallest absolute Gasteiger partial charge is 0.267 e. The van der Waals surface area contributed by atoms with E-state index in [1.807, 2.05) is 17.5 Å². The lowest BCUT2D eigenvalue weighted by Gasteiger charge is -1.98. The first kappa shape index (κ1) is 10.7. The Bertz CT molecular complexity index is 489. The molecule has 0 aliphatic carbocycles. The van der Waals surface area contributed by atoms with E-state index in [-0.39, 0.29) is 0 Å². The molecule has 0 aliphatic heterocycles. The van der Waals surface area contributed by atoms with Gasteiger partial charge in [0.25, 0.3) is 5.91 Å². The van der Waals surface area contributed by atoms with Gasteiger partial charge in [0.2, 0.25) is 0 Å². The van der Waals surface area contributed by atoms with Gasteiger partial charge in [0.05, 0.1) is 6.54 Å². The highest BCUT2D eigenvalue weighted by Gasteiger charge is 2.09. The van der Waals surface area contributed by atoms with Gasteiger partial charge < -0.3 is 11.1 Å². The predicted octanol–water partition coefficient (Wildman–Crippen LogP) is 1.19. The summed E-state index contributed by atoms with van der Waals surface area (Å²) >= 11 is 1.67. The van der Waals surface area contributed by atoms with Crippen molar-refractivity contribution < 1.29 is 4.79 Å². The topological polar surface area (TPSA) is 72.9 Å². The zero-order valence-corrected chi connectivity index (χ0v) is 9.62. The van der Waals surface area contributed by atoms with Crippen molar-refractivity contribution >= 4 is 23.1 Å². The highest BCUT2D eigenvalue weighted by molar-refractivity contribution is 7.09. The molecular weight excluding hydrogens is 224 g/mol. The van der Waals surface area contributed by atoms with Gasteiger partial charge in [-0.2, -0.15) is 5.10 Å². The van der Waals surface area contributed by atoms with E-state index in [4.69, 9.17) is 5.73 Å². The summed E-state index contributed by atoms with van der Waals surface area (Å²) in [5.74, 6) is 0.184. The minimum atomic E-state index is -0.473. The number of nitrogens with zero attached hydrogens (tertiary/aromatic N) is 2. The Hall–Kier alpha value is -1.82. The fourth-order valence-corrected chi connectivity index (χ4v) is 2.02. The summed E-state index contributed by atoms with van der Waals surface area (Å²) in [6, 6.07) is 5.68. The zero-order chi connectivity index (χ0) is 11.5. The Morgan fingerprint density at radius 1 is 1.69 bits per heavy atom. The van der Waals surface area contributed by atoms with E-state index in [0.29, 0.717) is 18.1 Å². The summed E-state index contributed by atoms with van der Waals surface area (Å²) < 4.78 is 1.47. The lowest BCUT2D eigenvalue weighted by molar-refractivity contribution is 0.0991. The second-order valence-corrected chi connectivity index (χ2v) is 4.37. The van der Waals surface area contributed by atoms with Gasteiger partial charge in [0, 0.05) is 18.0 Å². The number of amides is 1. The fraction of sp³-hybridized carbons (Fsp3) is 0.200. The first-order valence-corrected chi connectivity index (χ1v) is 5.65. The molecule has 0 unspecified atom stereocenters. The number of carbonyl (C=O) groups is 1. The maximum atomic E-state index is 11.0. The van der Waals surface area contributed by atoms with Crippen LogP contribution in [0.25, 0.3) is 0 Å². The van der Waals surface area contributed by atoms with Crippen LogP contribution in [0.4, 0.5) is 5.82 Å². The third-order valence-corrected chi connectivity index (χ3v) is 3.03. The maximum Gasteiger partial charge on any atom is 0.267 e. The summed E-state index contributed by atoms with van der Waals surface area (Å²) in [7, 11) is 1.69. The highest BCUT2D eigenvalue weighted by Crippen LogP contribution is 2.12. The number of hydrogen-bond acceptors (Lipinski definition) is 4. The van der Waals surface area contributed by atoms with Gasteiger partial charge in [-0.1, -0.05) is 6.07 Å². The van der Waals surface area contributed by atoms with Crippen LogP contribution in [0.2, 0.25) is 0 Å². The van der Waals surface area contributed by atoms with Crippen LogP contribution in [-0.4, -0.2) is 15.7 Å². The Balaban J connectivity index is 2.05. The Labute approximate surface area is 96.9 Å². The second-order valence-electron chi connectivity index (χ2n) is 3.34. The molecule has 2 rings (SSSR count). The van der Waals surface area contributed by atoms with Crippen molar-refractivity contribution in [2.24, 2.45) is 12.8 Å². The summed E-state index contributed by atoms with van der Waals surface area (Å²) in [6.45, 7) is 0.701. The number of anilines is 1. The van der Waals surface area contributed by atoms with Crippen molar-refractivity contribution in [1.29, 1.82) is 0 Å². The number of primary amides is 1. The average Bonchev–Trinajstić information content (AvgIpc) is 2.83. The van der Waals surface area contributed by atoms with Gasteiger partial charge >= 0.3 is 0 Å². The van der Waals surface area contributed by atoms with Crippen molar-refractivity contribution in [1.82, 2.24) is 9.78 Å². The van der Waals surface area contributed by atoms with E-state index < -0.39 is 5.91 Å². The van der Waals surface area contributed by atoms with Crippen LogP contribution in [-0.2, 0) is 13.6 Å². The van der Waals surface area contributed by atoms with Crippen LogP contribution in [0.15, 0.2) is 23.6 Å². The first-order chi connectivity index (χ1) is 7.66. The van der Waals surface area contributed by atoms with Crippen molar-refractivity contribution in [3.63, 3.8) is 0 Å². The molecule has 5 nitrogen and oxygen atoms in total. The minimum absolute atomic E-state index is 0.397. The number of hydrogen-bond donors (Lipinski definition) is 2. The van der Waals surface area contributed by atoms with Gasteiger partial charge in [0.1, 0.15) is 11.5 Å². The number of aryl methyl sites for hydroxylation is 1. The lowest BCUT2D eigenvalue weighted by atomic mass is 10.4. The van der Waals surface area contributed by atoms with Gasteiger partial charge in [-0.3, -0.25) is 9.48 Å². The van der Waals surface area contributed by atoms with Crippen molar-refractivity contribution in [2.45, 2.75) is 6.54 Å². The molecule has 3 N–H and O–H groups in total. The Morgan fingerprint density at radius 2 is 2.50 bits per heavy atom. The van der Waals surface area contributed by atoms with E-state index >= 15 is 0 Å². The van der Waals surface area contributed by atoms with Gasteiger partial charge in [-0.25, -0.2) is 0 Å². The Kier molecular flexibility index (Phi) is 2.91. The molecule has 0 spiro atoms. The van der Waals surface area contributed by atoms with Crippen molar-refractivity contribution in [3.8, 4) is 0 Å². The molecule has 6 heteroatoms. The molecule has 2 aromatic heterocycles. The molecule has 0 fully saturated rings. The number of carbonyl (C=O) groups excluding carboxylic acids is 1. The van der Waals surface area contributed by atoms with Crippen LogP contribution in [0.1, 0.15) is 15.4 Å². The van der Waals surface area contributed by atoms with E-state index in [2.05, 4.69) is 10.4 Å². The van der Waals surface area contributed by atoms with Gasteiger partial charge in [0.15, 0.2) is 0 Å². The van der Waals surface area contributed by atoms with Crippen molar-refractivity contribution in [2.75, 3.05) is 5.32 Å². The molecule has 0 saturated carbocycles. The fourth-order valence-electron chi connectivity index (χ4n) is 1.38. The first-order valence-electron chi connectivity index (χ1n) is 4.77. The Morgan fingerprint density at radius 3 is 3.06 bits per heavy atom. The van der Waals surface area contributed by atoms with Crippen molar-refractivity contribution in [3.05, 3.63) is 34.2 Å². The summed E-state index contributed by atoms with van der Waals surface area (Å²) in [4.78, 5) is 12.2. The molecule has 2 aromatic rings. The monoisotopic (exact) mass is 236 g/mol. The SMILES string of the molecule is Cn1nc(NCc2cccs2)cc1C(N)=O. The van der Waals surface area contributed by atoms with E-state index in [9.17, 15) is 4.79 Å². The third-order valence-electron chi connectivity index (χ3n) is 2.16. The largest absolute Gasteiger partial charge is 0.364 e. The third kappa shape index (κ3) is 2.22. The molecule has 1 amide bonds. The normalized spacial score (nSPS) is 10.3. The number of nitrogens with one attached hydrogen (secondary N) is 1. The molecule has 0 radical (unpaired) electrons. The number of aromatic nitrogens is 2. The molecule has 2 heterocycles. The van der Waals surface area contributed by atoms with Gasteiger partial charge in [-0.05, 0) is 11.4 Å². The molecular formula is C10H12N4OS. The maximum absolute atomic E-state index is 11.0. The highest BCUT2D eigenvalue weighted by atomic mass is 32.1. The summed E-state index contributed by atoms with van der Waals surface area (Å²) in [6.07, 6.45) is 0. The van der Waals surface area contributed by atoms with Crippen LogP contribution in [0, 0.1) is 0 Å². The second kappa shape index (κ2) is 4.36. The van der Waals surface area contributed by atoms with E-state index in [1.54, 1.807) is 24.5 Å². The van der Waals surface area contributed by atoms with Crippen LogP contribution in [0.5, 0.6) is 0 Å². The number of thiophene rings is 1. The number of nitrogens with two attached hydrogens (primary N) is 1. The van der Waals surface area contributed by atoms with Crippen LogP contribution in [0.3, 0.4) is 0 Å². The molecule has 0 saturated heterocycles. The predicted molar refractivity (Wildman–Crippen MR) is 63.4 cm³/mol. The molecule has 16 heavy (non-hydrogen) atoms. The quantitative estimate of drug-likeness (QED) is 0.837. The van der Waals surface area contributed by atoms with E-state index in [1.165, 1.54) is 9.56 Å². The minimum Gasteiger partial charge on any atom is -0.364 e. The lowest BCUT2D eigenvalue weighted by Crippen LogP contribution is -2.15. The summed E-state index contributed by atoms with van der Waals surface area (Å²) in [5.41, 5.74) is 5.59. The van der Waals surface area contributed by atoms with Crippen LogP contribution < -0.4 is 11.1 Å². The average molecular weight is 236 g/mol. The molecule has 0 atom stereocenters. The van der Waals surface area contributed by atoms with E-state index in [0.717, 1.165) is 0 Å². The number of rotatable bonds is 4. The van der Waals surface area contributed by atoms with Crippen LogP contribution >= 0.6 is 11.3 Å². The molecule has 0 aromatic carbocycles. The molecule has 0 bridgehead atoms. The summed E-state index contributed by atoms with van der Waals surface area (Å²) in [5, 5.41) is 9.29. The molecule has 84 valence electrons.